The third-order valence-electron chi connectivity index (χ3n) is 2.65. The number of hydrogen-bond acceptors (Lipinski definition) is 4. The number of rotatable bonds is 6. The van der Waals surface area contributed by atoms with Crippen molar-refractivity contribution in [3.8, 4) is 6.07 Å². The SMILES string of the molecule is CCOC(=O)CCN(C)C(C#N)c1ccccc1. The molecule has 1 aromatic rings. The normalized spacial score (nSPS) is 11.9. The number of hydrogen-bond donors (Lipinski definition) is 0. The summed E-state index contributed by atoms with van der Waals surface area (Å²) in [6.45, 7) is 2.68. The fourth-order valence-electron chi connectivity index (χ4n) is 1.69. The van der Waals surface area contributed by atoms with Crippen LogP contribution in [0.1, 0.15) is 24.9 Å². The molecule has 1 aromatic carbocycles. The molecule has 0 saturated carbocycles. The highest BCUT2D eigenvalue weighted by Gasteiger charge is 2.16. The summed E-state index contributed by atoms with van der Waals surface area (Å²) in [6.07, 6.45) is 0.301. The Kier molecular flexibility index (Phi) is 5.89. The van der Waals surface area contributed by atoms with Gasteiger partial charge in [-0.15, -0.1) is 0 Å². The average molecular weight is 246 g/mol. The van der Waals surface area contributed by atoms with Gasteiger partial charge >= 0.3 is 5.97 Å². The van der Waals surface area contributed by atoms with Crippen molar-refractivity contribution < 1.29 is 9.53 Å². The summed E-state index contributed by atoms with van der Waals surface area (Å²) >= 11 is 0. The molecule has 0 N–H and O–H groups in total. The van der Waals surface area contributed by atoms with Crippen molar-refractivity contribution in [2.45, 2.75) is 19.4 Å². The molecule has 4 nitrogen and oxygen atoms in total. The average Bonchev–Trinajstić information content (AvgIpc) is 2.39. The first-order valence-corrected chi connectivity index (χ1v) is 5.99. The Morgan fingerprint density at radius 3 is 2.67 bits per heavy atom. The van der Waals surface area contributed by atoms with Crippen LogP contribution in [0.2, 0.25) is 0 Å². The summed E-state index contributed by atoms with van der Waals surface area (Å²) in [5.41, 5.74) is 0.936. The van der Waals surface area contributed by atoms with E-state index < -0.39 is 0 Å². The Morgan fingerprint density at radius 2 is 2.11 bits per heavy atom. The summed E-state index contributed by atoms with van der Waals surface area (Å²) in [7, 11) is 1.83. The van der Waals surface area contributed by atoms with Gasteiger partial charge in [0, 0.05) is 6.54 Å². The zero-order valence-electron chi connectivity index (χ0n) is 10.8. The Labute approximate surface area is 108 Å². The van der Waals surface area contributed by atoms with E-state index in [9.17, 15) is 10.1 Å². The molecule has 0 saturated heterocycles. The number of carbonyl (C=O) groups excluding carboxylic acids is 1. The topological polar surface area (TPSA) is 53.3 Å². The van der Waals surface area contributed by atoms with Gasteiger partial charge in [-0.3, -0.25) is 9.69 Å². The van der Waals surface area contributed by atoms with Crippen molar-refractivity contribution in [1.29, 1.82) is 5.26 Å². The monoisotopic (exact) mass is 246 g/mol. The molecular formula is C14H18N2O2. The van der Waals surface area contributed by atoms with Crippen molar-refractivity contribution in [1.82, 2.24) is 4.90 Å². The fraction of sp³-hybridized carbons (Fsp3) is 0.429. The van der Waals surface area contributed by atoms with Gasteiger partial charge < -0.3 is 4.74 Å². The molecule has 0 aliphatic heterocycles. The van der Waals surface area contributed by atoms with Crippen LogP contribution in [0.3, 0.4) is 0 Å². The molecule has 4 heteroatoms. The van der Waals surface area contributed by atoms with E-state index in [0.29, 0.717) is 19.6 Å². The molecule has 0 radical (unpaired) electrons. The molecule has 0 spiro atoms. The predicted molar refractivity (Wildman–Crippen MR) is 68.7 cm³/mol. The van der Waals surface area contributed by atoms with Crippen molar-refractivity contribution in [3.05, 3.63) is 35.9 Å². The Bertz CT molecular complexity index is 412. The lowest BCUT2D eigenvalue weighted by Gasteiger charge is -2.22. The van der Waals surface area contributed by atoms with Gasteiger partial charge in [0.15, 0.2) is 0 Å². The maximum atomic E-state index is 11.3. The largest absolute Gasteiger partial charge is 0.466 e. The van der Waals surface area contributed by atoms with Crippen molar-refractivity contribution in [2.75, 3.05) is 20.2 Å². The molecule has 0 bridgehead atoms. The van der Waals surface area contributed by atoms with Crippen LogP contribution in [0.4, 0.5) is 0 Å². The quantitative estimate of drug-likeness (QED) is 0.722. The second-order valence-corrected chi connectivity index (χ2v) is 3.98. The van der Waals surface area contributed by atoms with Gasteiger partial charge in [-0.25, -0.2) is 0 Å². The van der Waals surface area contributed by atoms with Gasteiger partial charge in [0.1, 0.15) is 6.04 Å². The molecule has 1 unspecified atom stereocenters. The maximum absolute atomic E-state index is 11.3. The highest BCUT2D eigenvalue weighted by molar-refractivity contribution is 5.69. The summed E-state index contributed by atoms with van der Waals surface area (Å²) in [5, 5.41) is 9.21. The zero-order chi connectivity index (χ0) is 13.4. The maximum Gasteiger partial charge on any atom is 0.307 e. The lowest BCUT2D eigenvalue weighted by Crippen LogP contribution is -2.26. The van der Waals surface area contributed by atoms with E-state index in [0.717, 1.165) is 5.56 Å². The lowest BCUT2D eigenvalue weighted by molar-refractivity contribution is -0.143. The van der Waals surface area contributed by atoms with Gasteiger partial charge in [0.05, 0.1) is 19.1 Å². The van der Waals surface area contributed by atoms with E-state index in [4.69, 9.17) is 4.74 Å². The van der Waals surface area contributed by atoms with E-state index >= 15 is 0 Å². The third kappa shape index (κ3) is 4.19. The first-order chi connectivity index (χ1) is 8.69. The van der Waals surface area contributed by atoms with Crippen molar-refractivity contribution in [2.24, 2.45) is 0 Å². The first kappa shape index (κ1) is 14.2. The van der Waals surface area contributed by atoms with E-state index in [1.165, 1.54) is 0 Å². The van der Waals surface area contributed by atoms with Gasteiger partial charge in [0.2, 0.25) is 0 Å². The van der Waals surface area contributed by atoms with Crippen LogP contribution < -0.4 is 0 Å². The molecule has 0 fully saturated rings. The van der Waals surface area contributed by atoms with E-state index in [2.05, 4.69) is 6.07 Å². The summed E-state index contributed by atoms with van der Waals surface area (Å²) in [4.78, 5) is 13.1. The van der Waals surface area contributed by atoms with E-state index in [1.807, 2.05) is 42.3 Å². The summed E-state index contributed by atoms with van der Waals surface area (Å²) < 4.78 is 4.86. The molecular weight excluding hydrogens is 228 g/mol. The van der Waals surface area contributed by atoms with Crippen molar-refractivity contribution >= 4 is 5.97 Å². The highest BCUT2D eigenvalue weighted by atomic mass is 16.5. The second kappa shape index (κ2) is 7.46. The molecule has 0 aliphatic carbocycles. The molecule has 0 heterocycles. The number of carbonyl (C=O) groups is 1. The lowest BCUT2D eigenvalue weighted by atomic mass is 10.1. The van der Waals surface area contributed by atoms with E-state index in [-0.39, 0.29) is 12.0 Å². The molecule has 0 aromatic heterocycles. The van der Waals surface area contributed by atoms with E-state index in [1.54, 1.807) is 6.92 Å². The highest BCUT2D eigenvalue weighted by Crippen LogP contribution is 2.18. The molecule has 1 atom stereocenters. The summed E-state index contributed by atoms with van der Waals surface area (Å²) in [6, 6.07) is 11.5. The van der Waals surface area contributed by atoms with Gasteiger partial charge in [-0.1, -0.05) is 30.3 Å². The molecule has 0 amide bonds. The number of ether oxygens (including phenoxy) is 1. The van der Waals surface area contributed by atoms with Crippen LogP contribution in [-0.4, -0.2) is 31.1 Å². The molecule has 18 heavy (non-hydrogen) atoms. The van der Waals surface area contributed by atoms with Crippen LogP contribution >= 0.6 is 0 Å². The van der Waals surface area contributed by atoms with Gasteiger partial charge in [-0.05, 0) is 19.5 Å². The fourth-order valence-corrected chi connectivity index (χ4v) is 1.69. The van der Waals surface area contributed by atoms with Crippen LogP contribution in [0.25, 0.3) is 0 Å². The van der Waals surface area contributed by atoms with Gasteiger partial charge in [-0.2, -0.15) is 5.26 Å². The smallest absolute Gasteiger partial charge is 0.307 e. The number of nitriles is 1. The Hall–Kier alpha value is -1.86. The first-order valence-electron chi connectivity index (χ1n) is 5.99. The minimum Gasteiger partial charge on any atom is -0.466 e. The number of benzene rings is 1. The van der Waals surface area contributed by atoms with Crippen LogP contribution in [0.15, 0.2) is 30.3 Å². The second-order valence-electron chi connectivity index (χ2n) is 3.98. The number of esters is 1. The molecule has 96 valence electrons. The zero-order valence-corrected chi connectivity index (χ0v) is 10.8. The molecule has 1 rings (SSSR count). The van der Waals surface area contributed by atoms with Crippen molar-refractivity contribution in [3.63, 3.8) is 0 Å². The standard InChI is InChI=1S/C14H18N2O2/c1-3-18-14(17)9-10-16(2)13(11-15)12-7-5-4-6-8-12/h4-8,13H,3,9-10H2,1-2H3. The minimum atomic E-state index is -0.333. The van der Waals surface area contributed by atoms with Crippen LogP contribution in [-0.2, 0) is 9.53 Å². The Morgan fingerprint density at radius 1 is 1.44 bits per heavy atom. The summed E-state index contributed by atoms with van der Waals surface area (Å²) in [5.74, 6) is -0.228. The number of nitrogens with zero attached hydrogens (tertiary/aromatic N) is 2. The van der Waals surface area contributed by atoms with Crippen LogP contribution in [0.5, 0.6) is 0 Å². The van der Waals surface area contributed by atoms with Crippen LogP contribution in [0, 0.1) is 11.3 Å². The molecule has 0 aliphatic rings. The predicted octanol–water partition coefficient (Wildman–Crippen LogP) is 2.14. The minimum absolute atomic E-state index is 0.228. The third-order valence-corrected chi connectivity index (χ3v) is 2.65. The van der Waals surface area contributed by atoms with Gasteiger partial charge in [0.25, 0.3) is 0 Å². The Balaban J connectivity index is 2.56.